The van der Waals surface area contributed by atoms with Crippen LogP contribution in [0.3, 0.4) is 0 Å². The number of anilines is 1. The summed E-state index contributed by atoms with van der Waals surface area (Å²) in [6.07, 6.45) is 0. The maximum atomic E-state index is 12.5. The van der Waals surface area contributed by atoms with Gasteiger partial charge in [0.2, 0.25) is 0 Å². The van der Waals surface area contributed by atoms with Crippen LogP contribution in [0.4, 0.5) is 5.69 Å². The van der Waals surface area contributed by atoms with Gasteiger partial charge in [-0.1, -0.05) is 30.3 Å². The zero-order chi connectivity index (χ0) is 14.5. The van der Waals surface area contributed by atoms with Crippen molar-refractivity contribution in [3.05, 3.63) is 59.7 Å². The summed E-state index contributed by atoms with van der Waals surface area (Å²) >= 11 is 0. The first-order chi connectivity index (χ1) is 9.61. The molecule has 4 heteroatoms. The number of carbonyl (C=O) groups is 1. The average molecular weight is 270 g/mol. The third-order valence-electron chi connectivity index (χ3n) is 3.15. The Kier molecular flexibility index (Phi) is 4.25. The fourth-order valence-corrected chi connectivity index (χ4v) is 2.03. The molecule has 0 atom stereocenters. The molecular formula is C16H18N2O2. The highest BCUT2D eigenvalue weighted by Crippen LogP contribution is 2.21. The molecule has 3 N–H and O–H groups in total. The highest BCUT2D eigenvalue weighted by molar-refractivity contribution is 5.99. The second-order valence-corrected chi connectivity index (χ2v) is 4.58. The number of amides is 1. The molecule has 0 saturated carbocycles. The van der Waals surface area contributed by atoms with Crippen molar-refractivity contribution in [3.63, 3.8) is 0 Å². The number of carbonyl (C=O) groups excluding carboxylic acids is 1. The molecule has 0 radical (unpaired) electrons. The maximum Gasteiger partial charge on any atom is 0.256 e. The molecule has 1 amide bonds. The van der Waals surface area contributed by atoms with Crippen LogP contribution in [0, 0.1) is 0 Å². The van der Waals surface area contributed by atoms with Crippen molar-refractivity contribution in [2.75, 3.05) is 12.3 Å². The highest BCUT2D eigenvalue weighted by atomic mass is 16.3. The lowest BCUT2D eigenvalue weighted by Gasteiger charge is -2.22. The Balaban J connectivity index is 2.23. The summed E-state index contributed by atoms with van der Waals surface area (Å²) in [5, 5.41) is 9.50. The summed E-state index contributed by atoms with van der Waals surface area (Å²) in [6, 6.07) is 14.2. The molecule has 0 aromatic heterocycles. The quantitative estimate of drug-likeness (QED) is 0.663. The summed E-state index contributed by atoms with van der Waals surface area (Å²) < 4.78 is 0. The zero-order valence-electron chi connectivity index (χ0n) is 11.4. The van der Waals surface area contributed by atoms with E-state index < -0.39 is 0 Å². The van der Waals surface area contributed by atoms with E-state index in [-0.39, 0.29) is 11.7 Å². The van der Waals surface area contributed by atoms with Crippen LogP contribution in [0.25, 0.3) is 0 Å². The number of nitrogen functional groups attached to an aromatic ring is 1. The van der Waals surface area contributed by atoms with E-state index in [9.17, 15) is 9.90 Å². The Morgan fingerprint density at radius 2 is 1.90 bits per heavy atom. The van der Waals surface area contributed by atoms with Gasteiger partial charge in [0.1, 0.15) is 5.75 Å². The molecule has 0 aliphatic rings. The van der Waals surface area contributed by atoms with Crippen molar-refractivity contribution in [2.45, 2.75) is 13.5 Å². The Labute approximate surface area is 118 Å². The molecule has 4 nitrogen and oxygen atoms in total. The molecule has 0 spiro atoms. The van der Waals surface area contributed by atoms with Crippen molar-refractivity contribution >= 4 is 11.6 Å². The number of benzene rings is 2. The minimum atomic E-state index is -0.176. The smallest absolute Gasteiger partial charge is 0.256 e. The van der Waals surface area contributed by atoms with E-state index in [1.165, 1.54) is 12.1 Å². The number of phenols is 1. The highest BCUT2D eigenvalue weighted by Gasteiger charge is 2.17. The lowest BCUT2D eigenvalue weighted by molar-refractivity contribution is 0.0753. The first kappa shape index (κ1) is 13.9. The average Bonchev–Trinajstić information content (AvgIpc) is 2.47. The minimum absolute atomic E-state index is 0.0401. The van der Waals surface area contributed by atoms with Gasteiger partial charge in [-0.2, -0.15) is 0 Å². The van der Waals surface area contributed by atoms with Crippen LogP contribution in [-0.4, -0.2) is 22.5 Å². The molecular weight excluding hydrogens is 252 g/mol. The van der Waals surface area contributed by atoms with Crippen LogP contribution in [-0.2, 0) is 6.54 Å². The topological polar surface area (TPSA) is 66.6 Å². The first-order valence-electron chi connectivity index (χ1n) is 6.53. The number of hydrogen-bond donors (Lipinski definition) is 2. The van der Waals surface area contributed by atoms with Gasteiger partial charge in [0.25, 0.3) is 5.91 Å². The lowest BCUT2D eigenvalue weighted by atomic mass is 10.1. The summed E-state index contributed by atoms with van der Waals surface area (Å²) in [7, 11) is 0. The number of aromatic hydroxyl groups is 1. The summed E-state index contributed by atoms with van der Waals surface area (Å²) in [5.74, 6) is -0.136. The van der Waals surface area contributed by atoms with Gasteiger partial charge in [0.15, 0.2) is 0 Å². The van der Waals surface area contributed by atoms with E-state index in [0.29, 0.717) is 24.3 Å². The number of rotatable bonds is 4. The fraction of sp³-hybridized carbons (Fsp3) is 0.188. The van der Waals surface area contributed by atoms with Crippen LogP contribution in [0.2, 0.25) is 0 Å². The standard InChI is InChI=1S/C16H18N2O2/c1-2-18(11-12-6-4-3-5-7-12)16(20)14-10-13(19)8-9-15(14)17/h3-10,19H,2,11,17H2,1H3. The van der Waals surface area contributed by atoms with Gasteiger partial charge in [-0.15, -0.1) is 0 Å². The Hall–Kier alpha value is -2.49. The van der Waals surface area contributed by atoms with E-state index >= 15 is 0 Å². The number of nitrogens with zero attached hydrogens (tertiary/aromatic N) is 1. The third-order valence-corrected chi connectivity index (χ3v) is 3.15. The molecule has 2 aromatic rings. The van der Waals surface area contributed by atoms with E-state index in [1.807, 2.05) is 37.3 Å². The largest absolute Gasteiger partial charge is 0.508 e. The number of hydrogen-bond acceptors (Lipinski definition) is 3. The molecule has 0 aliphatic heterocycles. The van der Waals surface area contributed by atoms with Crippen LogP contribution in [0.1, 0.15) is 22.8 Å². The monoisotopic (exact) mass is 270 g/mol. The van der Waals surface area contributed by atoms with Gasteiger partial charge in [0.05, 0.1) is 5.56 Å². The number of phenolic OH excluding ortho intramolecular Hbond substituents is 1. The SMILES string of the molecule is CCN(Cc1ccccc1)C(=O)c1cc(O)ccc1N. The van der Waals surface area contributed by atoms with Crippen molar-refractivity contribution in [1.82, 2.24) is 4.90 Å². The molecule has 104 valence electrons. The van der Waals surface area contributed by atoms with Crippen molar-refractivity contribution in [3.8, 4) is 5.75 Å². The van der Waals surface area contributed by atoms with E-state index in [2.05, 4.69) is 0 Å². The van der Waals surface area contributed by atoms with E-state index in [0.717, 1.165) is 5.56 Å². The zero-order valence-corrected chi connectivity index (χ0v) is 11.4. The molecule has 0 saturated heterocycles. The predicted octanol–water partition coefficient (Wildman–Crippen LogP) is 2.64. The van der Waals surface area contributed by atoms with Gasteiger partial charge >= 0.3 is 0 Å². The Morgan fingerprint density at radius 1 is 1.20 bits per heavy atom. The van der Waals surface area contributed by atoms with Gasteiger partial charge in [-0.05, 0) is 30.7 Å². The van der Waals surface area contributed by atoms with Gasteiger partial charge in [-0.3, -0.25) is 4.79 Å². The first-order valence-corrected chi connectivity index (χ1v) is 6.53. The molecule has 0 fully saturated rings. The molecule has 0 unspecified atom stereocenters. The van der Waals surface area contributed by atoms with Crippen LogP contribution in [0.5, 0.6) is 5.75 Å². The Bertz CT molecular complexity index is 597. The lowest BCUT2D eigenvalue weighted by Crippen LogP contribution is -2.30. The normalized spacial score (nSPS) is 10.2. The van der Waals surface area contributed by atoms with Crippen LogP contribution >= 0.6 is 0 Å². The third kappa shape index (κ3) is 3.09. The van der Waals surface area contributed by atoms with Gasteiger partial charge in [-0.25, -0.2) is 0 Å². The summed E-state index contributed by atoms with van der Waals surface area (Å²) in [4.78, 5) is 14.2. The number of nitrogens with two attached hydrogens (primary N) is 1. The van der Waals surface area contributed by atoms with Gasteiger partial charge < -0.3 is 15.7 Å². The molecule has 0 heterocycles. The maximum absolute atomic E-state index is 12.5. The summed E-state index contributed by atoms with van der Waals surface area (Å²) in [6.45, 7) is 3.01. The van der Waals surface area contributed by atoms with E-state index in [4.69, 9.17) is 5.73 Å². The Morgan fingerprint density at radius 3 is 2.55 bits per heavy atom. The molecule has 2 aromatic carbocycles. The molecule has 20 heavy (non-hydrogen) atoms. The van der Waals surface area contributed by atoms with Crippen LogP contribution in [0.15, 0.2) is 48.5 Å². The summed E-state index contributed by atoms with van der Waals surface area (Å²) in [5.41, 5.74) is 7.58. The van der Waals surface area contributed by atoms with E-state index in [1.54, 1.807) is 11.0 Å². The minimum Gasteiger partial charge on any atom is -0.508 e. The van der Waals surface area contributed by atoms with Crippen LogP contribution < -0.4 is 5.73 Å². The van der Waals surface area contributed by atoms with Crippen molar-refractivity contribution < 1.29 is 9.90 Å². The predicted molar refractivity (Wildman–Crippen MR) is 79.4 cm³/mol. The molecule has 2 rings (SSSR count). The second kappa shape index (κ2) is 6.10. The van der Waals surface area contributed by atoms with Crippen molar-refractivity contribution in [2.24, 2.45) is 0 Å². The molecule has 0 bridgehead atoms. The fourth-order valence-electron chi connectivity index (χ4n) is 2.03. The van der Waals surface area contributed by atoms with Crippen molar-refractivity contribution in [1.29, 1.82) is 0 Å². The second-order valence-electron chi connectivity index (χ2n) is 4.58. The van der Waals surface area contributed by atoms with Gasteiger partial charge in [0, 0.05) is 18.8 Å². The molecule has 0 aliphatic carbocycles.